The van der Waals surface area contributed by atoms with E-state index in [1.165, 1.54) is 22.3 Å². The third-order valence-electron chi connectivity index (χ3n) is 2.69. The highest BCUT2D eigenvalue weighted by Gasteiger charge is 2.15. The molecule has 3 aromatic rings. The van der Waals surface area contributed by atoms with E-state index >= 15 is 0 Å². The monoisotopic (exact) mass is 301 g/mol. The van der Waals surface area contributed by atoms with Crippen molar-refractivity contribution < 1.29 is 9.63 Å². The minimum absolute atomic E-state index is 0.304. The zero-order valence-electron chi connectivity index (χ0n) is 10.8. The largest absolute Gasteiger partial charge is 0.287 e. The second-order valence-corrected chi connectivity index (χ2v) is 5.01. The van der Waals surface area contributed by atoms with Crippen LogP contribution in [0.25, 0.3) is 5.69 Å². The van der Waals surface area contributed by atoms with Gasteiger partial charge in [-0.1, -0.05) is 30.3 Å². The molecule has 7 nitrogen and oxygen atoms in total. The molecule has 0 saturated carbocycles. The summed E-state index contributed by atoms with van der Waals surface area (Å²) in [5.41, 5.74) is 4.02. The third kappa shape index (κ3) is 3.12. The summed E-state index contributed by atoms with van der Waals surface area (Å²) in [6.07, 6.45) is 1.43. The molecule has 1 N–H and O–H groups in total. The molecule has 0 aliphatic heterocycles. The van der Waals surface area contributed by atoms with Crippen molar-refractivity contribution in [3.05, 3.63) is 58.5 Å². The van der Waals surface area contributed by atoms with E-state index in [4.69, 9.17) is 4.84 Å². The number of rotatable bonds is 5. The Kier molecular flexibility index (Phi) is 3.99. The van der Waals surface area contributed by atoms with Crippen LogP contribution in [0.2, 0.25) is 0 Å². The SMILES string of the molecule is O=C(NOCc1ccccc1)c1sccc1-n1cnnn1. The van der Waals surface area contributed by atoms with Crippen molar-refractivity contribution in [2.45, 2.75) is 6.61 Å². The van der Waals surface area contributed by atoms with Crippen LogP contribution in [-0.4, -0.2) is 26.1 Å². The lowest BCUT2D eigenvalue weighted by molar-refractivity contribution is 0.0237. The molecule has 1 aromatic carbocycles. The molecular formula is C13H11N5O2S. The topological polar surface area (TPSA) is 81.9 Å². The molecule has 0 fully saturated rings. The molecule has 8 heteroatoms. The van der Waals surface area contributed by atoms with E-state index in [-0.39, 0.29) is 5.91 Å². The fourth-order valence-electron chi connectivity index (χ4n) is 1.73. The first-order valence-electron chi connectivity index (χ1n) is 6.11. The fraction of sp³-hybridized carbons (Fsp3) is 0.0769. The van der Waals surface area contributed by atoms with Crippen LogP contribution in [0.5, 0.6) is 0 Å². The molecule has 106 valence electrons. The average Bonchev–Trinajstić information content (AvgIpc) is 3.19. The Morgan fingerprint density at radius 2 is 2.14 bits per heavy atom. The Bertz CT molecular complexity index is 711. The number of carbonyl (C=O) groups is 1. The molecule has 0 radical (unpaired) electrons. The van der Waals surface area contributed by atoms with Gasteiger partial charge in [-0.25, -0.2) is 5.48 Å². The van der Waals surface area contributed by atoms with E-state index < -0.39 is 0 Å². The molecule has 2 aromatic heterocycles. The van der Waals surface area contributed by atoms with Gasteiger partial charge in [0.15, 0.2) is 0 Å². The van der Waals surface area contributed by atoms with Crippen LogP contribution >= 0.6 is 11.3 Å². The number of amides is 1. The van der Waals surface area contributed by atoms with E-state index in [2.05, 4.69) is 21.0 Å². The quantitative estimate of drug-likeness (QED) is 0.724. The average molecular weight is 301 g/mol. The van der Waals surface area contributed by atoms with Crippen molar-refractivity contribution >= 4 is 17.2 Å². The number of tetrazole rings is 1. The molecule has 0 unspecified atom stereocenters. The summed E-state index contributed by atoms with van der Waals surface area (Å²) in [4.78, 5) is 17.8. The Labute approximate surface area is 124 Å². The maximum atomic E-state index is 12.1. The predicted octanol–water partition coefficient (Wildman–Crippen LogP) is 1.59. The summed E-state index contributed by atoms with van der Waals surface area (Å²) in [7, 11) is 0. The molecule has 1 amide bonds. The van der Waals surface area contributed by atoms with E-state index in [1.807, 2.05) is 30.3 Å². The smallest absolute Gasteiger partial charge is 0.269 e. The molecule has 0 aliphatic rings. The highest BCUT2D eigenvalue weighted by molar-refractivity contribution is 7.12. The highest BCUT2D eigenvalue weighted by atomic mass is 32.1. The number of hydrogen-bond acceptors (Lipinski definition) is 6. The van der Waals surface area contributed by atoms with Crippen LogP contribution in [-0.2, 0) is 11.4 Å². The Morgan fingerprint density at radius 1 is 1.29 bits per heavy atom. The standard InChI is InChI=1S/C13H11N5O2S/c19-13(15-20-8-10-4-2-1-3-5-10)12-11(6-7-21-12)18-9-14-16-17-18/h1-7,9H,8H2,(H,15,19). The van der Waals surface area contributed by atoms with Gasteiger partial charge in [-0.2, -0.15) is 4.68 Å². The van der Waals surface area contributed by atoms with Crippen molar-refractivity contribution in [2.24, 2.45) is 0 Å². The summed E-state index contributed by atoms with van der Waals surface area (Å²) in [5.74, 6) is -0.327. The van der Waals surface area contributed by atoms with Gasteiger partial charge in [-0.15, -0.1) is 16.4 Å². The normalized spacial score (nSPS) is 10.5. The highest BCUT2D eigenvalue weighted by Crippen LogP contribution is 2.19. The lowest BCUT2D eigenvalue weighted by atomic mass is 10.2. The number of nitrogens with zero attached hydrogens (tertiary/aromatic N) is 4. The van der Waals surface area contributed by atoms with E-state index in [9.17, 15) is 4.79 Å². The molecule has 0 spiro atoms. The zero-order chi connectivity index (χ0) is 14.5. The van der Waals surface area contributed by atoms with Crippen LogP contribution < -0.4 is 5.48 Å². The summed E-state index contributed by atoms with van der Waals surface area (Å²) < 4.78 is 1.43. The first kappa shape index (κ1) is 13.4. The van der Waals surface area contributed by atoms with Crippen LogP contribution in [0.4, 0.5) is 0 Å². The van der Waals surface area contributed by atoms with Crippen LogP contribution in [0.15, 0.2) is 48.1 Å². The van der Waals surface area contributed by atoms with Gasteiger partial charge in [0, 0.05) is 0 Å². The van der Waals surface area contributed by atoms with Gasteiger partial charge in [0.05, 0.1) is 12.3 Å². The second-order valence-electron chi connectivity index (χ2n) is 4.09. The first-order chi connectivity index (χ1) is 10.3. The Balaban J connectivity index is 1.63. The molecule has 0 atom stereocenters. The van der Waals surface area contributed by atoms with Crippen LogP contribution in [0.1, 0.15) is 15.2 Å². The van der Waals surface area contributed by atoms with E-state index in [0.717, 1.165) is 5.56 Å². The zero-order valence-corrected chi connectivity index (χ0v) is 11.7. The lowest BCUT2D eigenvalue weighted by Crippen LogP contribution is -2.23. The number of benzene rings is 1. The molecule has 0 saturated heterocycles. The van der Waals surface area contributed by atoms with Crippen molar-refractivity contribution in [2.75, 3.05) is 0 Å². The van der Waals surface area contributed by atoms with Crippen LogP contribution in [0.3, 0.4) is 0 Å². The summed E-state index contributed by atoms with van der Waals surface area (Å²) in [6, 6.07) is 11.4. The molecular weight excluding hydrogens is 290 g/mol. The summed E-state index contributed by atoms with van der Waals surface area (Å²) >= 11 is 1.29. The number of aromatic nitrogens is 4. The molecule has 21 heavy (non-hydrogen) atoms. The maximum absolute atomic E-state index is 12.1. The molecule has 2 heterocycles. The van der Waals surface area contributed by atoms with Gasteiger partial charge in [-0.05, 0) is 27.4 Å². The van der Waals surface area contributed by atoms with Crippen molar-refractivity contribution in [3.63, 3.8) is 0 Å². The van der Waals surface area contributed by atoms with Crippen molar-refractivity contribution in [1.82, 2.24) is 25.7 Å². The van der Waals surface area contributed by atoms with Gasteiger partial charge in [0.1, 0.15) is 11.2 Å². The number of hydrogen-bond donors (Lipinski definition) is 1. The molecule has 0 bridgehead atoms. The fourth-order valence-corrected chi connectivity index (χ4v) is 2.49. The van der Waals surface area contributed by atoms with E-state index in [1.54, 1.807) is 11.4 Å². The third-order valence-corrected chi connectivity index (χ3v) is 3.60. The summed E-state index contributed by atoms with van der Waals surface area (Å²) in [6.45, 7) is 0.304. The predicted molar refractivity (Wildman–Crippen MR) is 75.7 cm³/mol. The second kappa shape index (κ2) is 6.25. The molecule has 0 aliphatic carbocycles. The lowest BCUT2D eigenvalue weighted by Gasteiger charge is -2.06. The Morgan fingerprint density at radius 3 is 2.90 bits per heavy atom. The van der Waals surface area contributed by atoms with Gasteiger partial charge < -0.3 is 0 Å². The minimum atomic E-state index is -0.327. The number of hydroxylamine groups is 1. The van der Waals surface area contributed by atoms with E-state index in [0.29, 0.717) is 17.2 Å². The van der Waals surface area contributed by atoms with Gasteiger partial charge in [-0.3, -0.25) is 9.63 Å². The van der Waals surface area contributed by atoms with Crippen LogP contribution in [0, 0.1) is 0 Å². The van der Waals surface area contributed by atoms with Crippen molar-refractivity contribution in [3.8, 4) is 5.69 Å². The maximum Gasteiger partial charge on any atom is 0.287 e. The van der Waals surface area contributed by atoms with Gasteiger partial charge in [0.2, 0.25) is 0 Å². The van der Waals surface area contributed by atoms with Gasteiger partial charge in [0.25, 0.3) is 5.91 Å². The van der Waals surface area contributed by atoms with Crippen molar-refractivity contribution in [1.29, 1.82) is 0 Å². The summed E-state index contributed by atoms with van der Waals surface area (Å²) in [5, 5.41) is 12.7. The minimum Gasteiger partial charge on any atom is -0.269 e. The first-order valence-corrected chi connectivity index (χ1v) is 6.99. The number of thiophene rings is 1. The Hall–Kier alpha value is -2.58. The van der Waals surface area contributed by atoms with Gasteiger partial charge >= 0.3 is 0 Å². The number of carbonyl (C=O) groups excluding carboxylic acids is 1. The molecule has 3 rings (SSSR count). The number of nitrogens with one attached hydrogen (secondary N) is 1.